The average molecular weight is 162 g/mol. The lowest BCUT2D eigenvalue weighted by molar-refractivity contribution is -0.0923. The van der Waals surface area contributed by atoms with Gasteiger partial charge in [0.25, 0.3) is 0 Å². The molecule has 0 rings (SSSR count). The van der Waals surface area contributed by atoms with Crippen molar-refractivity contribution in [3.05, 3.63) is 0 Å². The van der Waals surface area contributed by atoms with Gasteiger partial charge < -0.3 is 14.9 Å². The first kappa shape index (κ1) is 10.9. The van der Waals surface area contributed by atoms with Gasteiger partial charge in [-0.05, 0) is 27.7 Å². The lowest BCUT2D eigenvalue weighted by Gasteiger charge is -2.22. The van der Waals surface area contributed by atoms with Gasteiger partial charge >= 0.3 is 0 Å². The predicted octanol–water partition coefficient (Wildman–Crippen LogP) is 0.542. The van der Waals surface area contributed by atoms with Crippen LogP contribution in [-0.2, 0) is 4.74 Å². The van der Waals surface area contributed by atoms with Crippen molar-refractivity contribution >= 4 is 0 Å². The summed E-state index contributed by atoms with van der Waals surface area (Å²) in [6.45, 7) is 6.89. The first-order valence-electron chi connectivity index (χ1n) is 3.96. The Morgan fingerprint density at radius 2 is 1.09 bits per heavy atom. The van der Waals surface area contributed by atoms with Gasteiger partial charge in [-0.3, -0.25) is 0 Å². The summed E-state index contributed by atoms with van der Waals surface area (Å²) in [6, 6.07) is 0. The summed E-state index contributed by atoms with van der Waals surface area (Å²) >= 11 is 0. The maximum absolute atomic E-state index is 9.04. The second-order valence-electron chi connectivity index (χ2n) is 3.03. The zero-order valence-electron chi connectivity index (χ0n) is 7.61. The van der Waals surface area contributed by atoms with Crippen molar-refractivity contribution in [2.24, 2.45) is 0 Å². The fraction of sp³-hybridized carbons (Fsp3) is 1.00. The average Bonchev–Trinajstić information content (AvgIpc) is 1.87. The van der Waals surface area contributed by atoms with Crippen molar-refractivity contribution in [3.8, 4) is 0 Å². The summed E-state index contributed by atoms with van der Waals surface area (Å²) in [6.07, 6.45) is -1.42. The van der Waals surface area contributed by atoms with E-state index in [-0.39, 0.29) is 12.2 Å². The molecular weight excluding hydrogens is 144 g/mol. The molecule has 0 spiro atoms. The van der Waals surface area contributed by atoms with Crippen LogP contribution in [0.1, 0.15) is 27.7 Å². The molecule has 0 aromatic rings. The molecule has 0 aliphatic carbocycles. The summed E-state index contributed by atoms with van der Waals surface area (Å²) in [5.41, 5.74) is 0. The molecule has 0 aliphatic heterocycles. The van der Waals surface area contributed by atoms with E-state index in [0.717, 1.165) is 0 Å². The zero-order valence-corrected chi connectivity index (χ0v) is 7.61. The van der Waals surface area contributed by atoms with Crippen LogP contribution < -0.4 is 0 Å². The molecule has 0 aliphatic rings. The molecule has 0 aromatic heterocycles. The summed E-state index contributed by atoms with van der Waals surface area (Å²) in [7, 11) is 0. The first-order valence-corrected chi connectivity index (χ1v) is 3.96. The van der Waals surface area contributed by atoms with Gasteiger partial charge in [0.15, 0.2) is 0 Å². The number of hydrogen-bond donors (Lipinski definition) is 2. The molecule has 0 amide bonds. The molecule has 0 fully saturated rings. The Hall–Kier alpha value is -0.120. The molecule has 4 unspecified atom stereocenters. The second kappa shape index (κ2) is 4.70. The maximum atomic E-state index is 9.04. The largest absolute Gasteiger partial charge is 0.391 e. The molecular formula is C8H18O3. The number of aliphatic hydroxyl groups is 2. The minimum atomic E-state index is -0.490. The molecule has 0 saturated carbocycles. The molecule has 3 heteroatoms. The van der Waals surface area contributed by atoms with Crippen molar-refractivity contribution < 1.29 is 14.9 Å². The lowest BCUT2D eigenvalue weighted by atomic mass is 10.2. The van der Waals surface area contributed by atoms with Crippen molar-refractivity contribution in [2.45, 2.75) is 52.1 Å². The van der Waals surface area contributed by atoms with Crippen LogP contribution in [0.15, 0.2) is 0 Å². The van der Waals surface area contributed by atoms with Crippen LogP contribution in [0.5, 0.6) is 0 Å². The zero-order chi connectivity index (χ0) is 9.02. The fourth-order valence-corrected chi connectivity index (χ4v) is 0.566. The molecule has 2 N–H and O–H groups in total. The number of aliphatic hydroxyl groups excluding tert-OH is 2. The van der Waals surface area contributed by atoms with E-state index in [9.17, 15) is 0 Å². The summed E-state index contributed by atoms with van der Waals surface area (Å²) in [5.74, 6) is 0. The molecule has 0 saturated heterocycles. The number of rotatable bonds is 4. The third kappa shape index (κ3) is 4.35. The van der Waals surface area contributed by atoms with Gasteiger partial charge in [0.2, 0.25) is 0 Å². The Labute approximate surface area is 68.0 Å². The smallest absolute Gasteiger partial charge is 0.0808 e. The summed E-state index contributed by atoms with van der Waals surface area (Å²) < 4.78 is 5.27. The Morgan fingerprint density at radius 3 is 1.27 bits per heavy atom. The van der Waals surface area contributed by atoms with E-state index in [1.54, 1.807) is 27.7 Å². The molecule has 0 bridgehead atoms. The normalized spacial score (nSPS) is 22.4. The Morgan fingerprint density at radius 1 is 0.818 bits per heavy atom. The van der Waals surface area contributed by atoms with Gasteiger partial charge in [0.05, 0.1) is 24.4 Å². The molecule has 0 aromatic carbocycles. The molecule has 3 nitrogen and oxygen atoms in total. The highest BCUT2D eigenvalue weighted by Crippen LogP contribution is 2.05. The van der Waals surface area contributed by atoms with Crippen LogP contribution in [-0.4, -0.2) is 34.6 Å². The highest BCUT2D eigenvalue weighted by molar-refractivity contribution is 4.63. The van der Waals surface area contributed by atoms with E-state index in [1.165, 1.54) is 0 Å². The monoisotopic (exact) mass is 162 g/mol. The Bertz CT molecular complexity index is 89.5. The topological polar surface area (TPSA) is 49.7 Å². The van der Waals surface area contributed by atoms with Gasteiger partial charge in [-0.2, -0.15) is 0 Å². The molecule has 4 atom stereocenters. The predicted molar refractivity (Wildman–Crippen MR) is 43.4 cm³/mol. The van der Waals surface area contributed by atoms with Crippen molar-refractivity contribution in [2.75, 3.05) is 0 Å². The number of ether oxygens (including phenoxy) is 1. The van der Waals surface area contributed by atoms with E-state index < -0.39 is 12.2 Å². The van der Waals surface area contributed by atoms with E-state index in [2.05, 4.69) is 0 Å². The SMILES string of the molecule is CC(O)C(C)OC(C)C(C)O. The van der Waals surface area contributed by atoms with Gasteiger partial charge in [-0.15, -0.1) is 0 Å². The maximum Gasteiger partial charge on any atom is 0.0808 e. The Kier molecular flexibility index (Phi) is 4.65. The first-order chi connectivity index (χ1) is 4.95. The highest BCUT2D eigenvalue weighted by Gasteiger charge is 2.16. The number of hydrogen-bond acceptors (Lipinski definition) is 3. The van der Waals surface area contributed by atoms with Crippen LogP contribution >= 0.6 is 0 Å². The van der Waals surface area contributed by atoms with E-state index in [0.29, 0.717) is 0 Å². The van der Waals surface area contributed by atoms with Crippen LogP contribution in [0.25, 0.3) is 0 Å². The van der Waals surface area contributed by atoms with Gasteiger partial charge in [0, 0.05) is 0 Å². The fourth-order valence-electron chi connectivity index (χ4n) is 0.566. The van der Waals surface area contributed by atoms with E-state index in [1.807, 2.05) is 0 Å². The molecule has 0 heterocycles. The van der Waals surface area contributed by atoms with Crippen LogP contribution in [0.2, 0.25) is 0 Å². The van der Waals surface area contributed by atoms with Crippen LogP contribution in [0, 0.1) is 0 Å². The lowest BCUT2D eigenvalue weighted by Crippen LogP contribution is -2.32. The summed E-state index contributed by atoms with van der Waals surface area (Å²) in [4.78, 5) is 0. The standard InChI is InChI=1S/C8H18O3/c1-5(9)7(3)11-8(4)6(2)10/h5-10H,1-4H3. The minimum absolute atomic E-state index is 0.223. The van der Waals surface area contributed by atoms with Crippen LogP contribution in [0.4, 0.5) is 0 Å². The van der Waals surface area contributed by atoms with Crippen molar-refractivity contribution in [1.29, 1.82) is 0 Å². The van der Waals surface area contributed by atoms with Gasteiger partial charge in [0.1, 0.15) is 0 Å². The Balaban J connectivity index is 3.66. The van der Waals surface area contributed by atoms with E-state index >= 15 is 0 Å². The van der Waals surface area contributed by atoms with Crippen molar-refractivity contribution in [3.63, 3.8) is 0 Å². The van der Waals surface area contributed by atoms with Gasteiger partial charge in [-0.1, -0.05) is 0 Å². The second-order valence-corrected chi connectivity index (χ2v) is 3.03. The highest BCUT2D eigenvalue weighted by atomic mass is 16.5. The van der Waals surface area contributed by atoms with Crippen LogP contribution in [0.3, 0.4) is 0 Å². The molecule has 0 radical (unpaired) electrons. The quantitative estimate of drug-likeness (QED) is 0.634. The summed E-state index contributed by atoms with van der Waals surface area (Å²) in [5, 5.41) is 18.1. The van der Waals surface area contributed by atoms with E-state index in [4.69, 9.17) is 14.9 Å². The minimum Gasteiger partial charge on any atom is -0.391 e. The molecule has 68 valence electrons. The third-order valence-corrected chi connectivity index (χ3v) is 1.79. The third-order valence-electron chi connectivity index (χ3n) is 1.79. The van der Waals surface area contributed by atoms with Gasteiger partial charge in [-0.25, -0.2) is 0 Å². The molecule has 11 heavy (non-hydrogen) atoms. The van der Waals surface area contributed by atoms with Crippen molar-refractivity contribution in [1.82, 2.24) is 0 Å².